The van der Waals surface area contributed by atoms with E-state index in [2.05, 4.69) is 0 Å². The van der Waals surface area contributed by atoms with Crippen molar-refractivity contribution in [1.29, 1.82) is 0 Å². The summed E-state index contributed by atoms with van der Waals surface area (Å²) in [6.45, 7) is 0.470. The van der Waals surface area contributed by atoms with Gasteiger partial charge in [0, 0.05) is 19.3 Å². The van der Waals surface area contributed by atoms with E-state index in [0.717, 1.165) is 0 Å². The number of Topliss-reactive ketones (excluding diaryl/α,β-unsaturated/α-hetero) is 1. The number of methoxy groups -OCH3 is 1. The highest BCUT2D eigenvalue weighted by Gasteiger charge is 2.17. The lowest BCUT2D eigenvalue weighted by Gasteiger charge is -2.10. The first-order valence-electron chi connectivity index (χ1n) is 4.70. The zero-order valence-corrected chi connectivity index (χ0v) is 9.33. The first-order chi connectivity index (χ1) is 7.16. The van der Waals surface area contributed by atoms with Crippen LogP contribution in [0.1, 0.15) is 16.8 Å². The van der Waals surface area contributed by atoms with E-state index in [1.54, 1.807) is 31.4 Å². The topological polar surface area (TPSA) is 52.3 Å². The zero-order chi connectivity index (χ0) is 11.3. The molecule has 1 rings (SSSR count). The van der Waals surface area contributed by atoms with Gasteiger partial charge < -0.3 is 10.5 Å². The predicted octanol–water partition coefficient (Wildman–Crippen LogP) is 1.89. The van der Waals surface area contributed by atoms with Crippen LogP contribution >= 0.6 is 11.6 Å². The van der Waals surface area contributed by atoms with Crippen LogP contribution in [0, 0.1) is 0 Å². The van der Waals surface area contributed by atoms with Crippen molar-refractivity contribution in [1.82, 2.24) is 0 Å². The average Bonchev–Trinajstić information content (AvgIpc) is 2.25. The van der Waals surface area contributed by atoms with Gasteiger partial charge in [-0.15, -0.1) is 0 Å². The molecule has 4 heteroatoms. The summed E-state index contributed by atoms with van der Waals surface area (Å²) in [5.74, 6) is -0.141. The van der Waals surface area contributed by atoms with Crippen LogP contribution in [0.15, 0.2) is 24.3 Å². The summed E-state index contributed by atoms with van der Waals surface area (Å²) in [6.07, 6.45) is 0.501. The Bertz CT molecular complexity index is 341. The second-order valence-electron chi connectivity index (χ2n) is 3.23. The molecule has 0 aromatic heterocycles. The minimum absolute atomic E-state index is 0.141. The Balaban J connectivity index is 2.72. The summed E-state index contributed by atoms with van der Waals surface area (Å²) in [5.41, 5.74) is 6.19. The molecule has 0 aliphatic heterocycles. The molecule has 0 spiro atoms. The number of carbonyl (C=O) groups excluding carboxylic acids is 1. The molecule has 0 aliphatic carbocycles. The van der Waals surface area contributed by atoms with Crippen LogP contribution in [0.5, 0.6) is 0 Å². The van der Waals surface area contributed by atoms with Crippen molar-refractivity contribution in [3.8, 4) is 0 Å². The lowest BCUT2D eigenvalue weighted by Crippen LogP contribution is -2.31. The fourth-order valence-electron chi connectivity index (χ4n) is 1.24. The van der Waals surface area contributed by atoms with Crippen molar-refractivity contribution in [3.63, 3.8) is 0 Å². The quantitative estimate of drug-likeness (QED) is 0.782. The van der Waals surface area contributed by atoms with Gasteiger partial charge >= 0.3 is 0 Å². The second-order valence-corrected chi connectivity index (χ2v) is 3.64. The van der Waals surface area contributed by atoms with E-state index >= 15 is 0 Å². The van der Waals surface area contributed by atoms with Gasteiger partial charge in [-0.1, -0.05) is 23.7 Å². The summed E-state index contributed by atoms with van der Waals surface area (Å²) in [6, 6.07) is 6.35. The van der Waals surface area contributed by atoms with Gasteiger partial charge in [-0.2, -0.15) is 0 Å². The van der Waals surface area contributed by atoms with Gasteiger partial charge in [-0.25, -0.2) is 0 Å². The van der Waals surface area contributed by atoms with Crippen molar-refractivity contribution in [2.45, 2.75) is 12.5 Å². The van der Waals surface area contributed by atoms with Crippen LogP contribution in [-0.4, -0.2) is 25.5 Å². The van der Waals surface area contributed by atoms with Crippen LogP contribution in [0.2, 0.25) is 5.02 Å². The number of halogens is 1. The lowest BCUT2D eigenvalue weighted by molar-refractivity contribution is 0.0935. The number of ketones is 1. The molecule has 0 heterocycles. The minimum Gasteiger partial charge on any atom is -0.385 e. The number of hydrogen-bond donors (Lipinski definition) is 1. The van der Waals surface area contributed by atoms with Gasteiger partial charge in [0.15, 0.2) is 5.78 Å². The SMILES string of the molecule is COCCC(N)C(=O)c1ccccc1Cl. The molecule has 3 nitrogen and oxygen atoms in total. The van der Waals surface area contributed by atoms with Gasteiger partial charge in [0.2, 0.25) is 0 Å². The van der Waals surface area contributed by atoms with Gasteiger partial charge in [-0.3, -0.25) is 4.79 Å². The monoisotopic (exact) mass is 227 g/mol. The normalized spacial score (nSPS) is 12.5. The minimum atomic E-state index is -0.551. The molecule has 1 atom stereocenters. The van der Waals surface area contributed by atoms with E-state index in [-0.39, 0.29) is 5.78 Å². The standard InChI is InChI=1S/C11H14ClNO2/c1-15-7-6-10(13)11(14)8-4-2-3-5-9(8)12/h2-5,10H,6-7,13H2,1H3. The number of carbonyl (C=O) groups is 1. The average molecular weight is 228 g/mol. The summed E-state index contributed by atoms with van der Waals surface area (Å²) >= 11 is 5.89. The summed E-state index contributed by atoms with van der Waals surface area (Å²) in [7, 11) is 1.58. The Morgan fingerprint density at radius 2 is 2.20 bits per heavy atom. The fraction of sp³-hybridized carbons (Fsp3) is 0.364. The van der Waals surface area contributed by atoms with E-state index < -0.39 is 6.04 Å². The summed E-state index contributed by atoms with van der Waals surface area (Å²) in [5, 5.41) is 0.440. The van der Waals surface area contributed by atoms with E-state index in [1.807, 2.05) is 0 Å². The summed E-state index contributed by atoms with van der Waals surface area (Å²) < 4.78 is 4.86. The Labute approximate surface area is 94.2 Å². The number of hydrogen-bond acceptors (Lipinski definition) is 3. The number of nitrogens with two attached hydrogens (primary N) is 1. The Hall–Kier alpha value is -0.900. The maximum Gasteiger partial charge on any atom is 0.181 e. The van der Waals surface area contributed by atoms with Crippen LogP contribution in [-0.2, 0) is 4.74 Å². The molecule has 0 radical (unpaired) electrons. The molecular weight excluding hydrogens is 214 g/mol. The van der Waals surface area contributed by atoms with Crippen LogP contribution < -0.4 is 5.73 Å². The smallest absolute Gasteiger partial charge is 0.181 e. The molecule has 0 saturated heterocycles. The Morgan fingerprint density at radius 3 is 2.80 bits per heavy atom. The Kier molecular flexibility index (Phi) is 4.75. The molecule has 82 valence electrons. The number of benzene rings is 1. The first-order valence-corrected chi connectivity index (χ1v) is 5.08. The molecule has 15 heavy (non-hydrogen) atoms. The largest absolute Gasteiger partial charge is 0.385 e. The van der Waals surface area contributed by atoms with Crippen LogP contribution in [0.4, 0.5) is 0 Å². The zero-order valence-electron chi connectivity index (χ0n) is 8.57. The van der Waals surface area contributed by atoms with Crippen LogP contribution in [0.3, 0.4) is 0 Å². The van der Waals surface area contributed by atoms with Gasteiger partial charge in [0.1, 0.15) is 0 Å². The maximum absolute atomic E-state index is 11.8. The highest BCUT2D eigenvalue weighted by Crippen LogP contribution is 2.16. The highest BCUT2D eigenvalue weighted by atomic mass is 35.5. The lowest BCUT2D eigenvalue weighted by atomic mass is 10.0. The number of ether oxygens (including phenoxy) is 1. The van der Waals surface area contributed by atoms with Crippen molar-refractivity contribution in [3.05, 3.63) is 34.9 Å². The third-order valence-electron chi connectivity index (χ3n) is 2.11. The molecule has 0 bridgehead atoms. The van der Waals surface area contributed by atoms with E-state index in [0.29, 0.717) is 23.6 Å². The third kappa shape index (κ3) is 3.30. The summed E-state index contributed by atoms with van der Waals surface area (Å²) in [4.78, 5) is 11.8. The molecule has 2 N–H and O–H groups in total. The number of rotatable bonds is 5. The van der Waals surface area contributed by atoms with Crippen molar-refractivity contribution >= 4 is 17.4 Å². The molecular formula is C11H14ClNO2. The molecule has 0 saturated carbocycles. The third-order valence-corrected chi connectivity index (χ3v) is 2.44. The fourth-order valence-corrected chi connectivity index (χ4v) is 1.47. The molecule has 0 aliphatic rings. The van der Waals surface area contributed by atoms with Crippen LogP contribution in [0.25, 0.3) is 0 Å². The maximum atomic E-state index is 11.8. The molecule has 0 fully saturated rings. The molecule has 1 unspecified atom stereocenters. The molecule has 1 aromatic carbocycles. The van der Waals surface area contributed by atoms with Crippen molar-refractivity contribution in [2.24, 2.45) is 5.73 Å². The predicted molar refractivity (Wildman–Crippen MR) is 60.3 cm³/mol. The van der Waals surface area contributed by atoms with E-state index in [4.69, 9.17) is 22.1 Å². The second kappa shape index (κ2) is 5.85. The van der Waals surface area contributed by atoms with Gasteiger partial charge in [0.25, 0.3) is 0 Å². The molecule has 0 amide bonds. The van der Waals surface area contributed by atoms with E-state index in [9.17, 15) is 4.79 Å². The van der Waals surface area contributed by atoms with Gasteiger partial charge in [0.05, 0.1) is 11.1 Å². The Morgan fingerprint density at radius 1 is 1.53 bits per heavy atom. The first kappa shape index (κ1) is 12.2. The molecule has 1 aromatic rings. The highest BCUT2D eigenvalue weighted by molar-refractivity contribution is 6.34. The van der Waals surface area contributed by atoms with Crippen molar-refractivity contribution in [2.75, 3.05) is 13.7 Å². The van der Waals surface area contributed by atoms with E-state index in [1.165, 1.54) is 0 Å². The van der Waals surface area contributed by atoms with Gasteiger partial charge in [-0.05, 0) is 18.6 Å². The van der Waals surface area contributed by atoms with Crippen molar-refractivity contribution < 1.29 is 9.53 Å².